The second kappa shape index (κ2) is 6.19. The SMILES string of the molecule is CCN(CCCCl)c1ncc(Br)cn1. The van der Waals surface area contributed by atoms with Crippen LogP contribution in [0.15, 0.2) is 16.9 Å². The second-order valence-corrected chi connectivity index (χ2v) is 4.12. The third kappa shape index (κ3) is 3.42. The first-order valence-electron chi connectivity index (χ1n) is 4.56. The quantitative estimate of drug-likeness (QED) is 0.776. The van der Waals surface area contributed by atoms with Crippen molar-refractivity contribution in [2.45, 2.75) is 13.3 Å². The van der Waals surface area contributed by atoms with E-state index in [1.807, 2.05) is 0 Å². The van der Waals surface area contributed by atoms with Crippen LogP contribution in [0.5, 0.6) is 0 Å². The van der Waals surface area contributed by atoms with Crippen LogP contribution in [0, 0.1) is 0 Å². The summed E-state index contributed by atoms with van der Waals surface area (Å²) in [5.41, 5.74) is 0. The number of aromatic nitrogens is 2. The first-order valence-corrected chi connectivity index (χ1v) is 5.89. The van der Waals surface area contributed by atoms with Crippen LogP contribution in [0.1, 0.15) is 13.3 Å². The highest BCUT2D eigenvalue weighted by atomic mass is 79.9. The Morgan fingerprint density at radius 2 is 2.07 bits per heavy atom. The molecule has 5 heteroatoms. The van der Waals surface area contributed by atoms with Crippen molar-refractivity contribution >= 4 is 33.5 Å². The number of nitrogens with zero attached hydrogens (tertiary/aromatic N) is 3. The Labute approximate surface area is 97.6 Å². The summed E-state index contributed by atoms with van der Waals surface area (Å²) in [5, 5.41) is 0. The highest BCUT2D eigenvalue weighted by Crippen LogP contribution is 2.11. The fraction of sp³-hybridized carbons (Fsp3) is 0.556. The van der Waals surface area contributed by atoms with Crippen molar-refractivity contribution < 1.29 is 0 Å². The maximum atomic E-state index is 5.64. The molecule has 0 aromatic carbocycles. The van der Waals surface area contributed by atoms with Crippen LogP contribution >= 0.6 is 27.5 Å². The smallest absolute Gasteiger partial charge is 0.225 e. The molecule has 0 saturated carbocycles. The van der Waals surface area contributed by atoms with Gasteiger partial charge in [0, 0.05) is 31.4 Å². The van der Waals surface area contributed by atoms with Crippen LogP contribution in [0.25, 0.3) is 0 Å². The largest absolute Gasteiger partial charge is 0.341 e. The molecule has 0 spiro atoms. The molecule has 1 aromatic rings. The third-order valence-corrected chi connectivity index (χ3v) is 2.51. The van der Waals surface area contributed by atoms with Gasteiger partial charge in [-0.05, 0) is 29.3 Å². The Hall–Kier alpha value is -0.350. The lowest BCUT2D eigenvalue weighted by molar-refractivity contribution is 0.764. The minimum atomic E-state index is 0.674. The summed E-state index contributed by atoms with van der Waals surface area (Å²) in [6.07, 6.45) is 4.46. The van der Waals surface area contributed by atoms with E-state index >= 15 is 0 Å². The fourth-order valence-corrected chi connectivity index (χ4v) is 1.44. The van der Waals surface area contributed by atoms with E-state index in [-0.39, 0.29) is 0 Å². The summed E-state index contributed by atoms with van der Waals surface area (Å²) < 4.78 is 0.898. The minimum Gasteiger partial charge on any atom is -0.341 e. The molecule has 0 aliphatic carbocycles. The van der Waals surface area contributed by atoms with E-state index in [0.29, 0.717) is 5.88 Å². The van der Waals surface area contributed by atoms with Gasteiger partial charge in [0.1, 0.15) is 0 Å². The molecule has 1 heterocycles. The zero-order valence-electron chi connectivity index (χ0n) is 8.08. The van der Waals surface area contributed by atoms with Crippen molar-refractivity contribution in [3.05, 3.63) is 16.9 Å². The number of hydrogen-bond acceptors (Lipinski definition) is 3. The molecule has 0 unspecified atom stereocenters. The monoisotopic (exact) mass is 277 g/mol. The molecule has 3 nitrogen and oxygen atoms in total. The minimum absolute atomic E-state index is 0.674. The Balaban J connectivity index is 2.64. The lowest BCUT2D eigenvalue weighted by Crippen LogP contribution is -2.26. The summed E-state index contributed by atoms with van der Waals surface area (Å²) in [6.45, 7) is 3.89. The molecule has 78 valence electrons. The normalized spacial score (nSPS) is 10.2. The van der Waals surface area contributed by atoms with Gasteiger partial charge in [-0.1, -0.05) is 0 Å². The molecular formula is C9H13BrClN3. The number of hydrogen-bond donors (Lipinski definition) is 0. The average Bonchev–Trinajstić information content (AvgIpc) is 2.21. The maximum absolute atomic E-state index is 5.64. The van der Waals surface area contributed by atoms with Gasteiger partial charge in [-0.2, -0.15) is 0 Å². The predicted molar refractivity (Wildman–Crippen MR) is 63.0 cm³/mol. The molecule has 0 aliphatic rings. The molecule has 0 saturated heterocycles. The highest BCUT2D eigenvalue weighted by molar-refractivity contribution is 9.10. The highest BCUT2D eigenvalue weighted by Gasteiger charge is 2.05. The second-order valence-electron chi connectivity index (χ2n) is 2.82. The number of halogens is 2. The standard InChI is InChI=1S/C9H13BrClN3/c1-2-14(5-3-4-11)9-12-6-8(10)7-13-9/h6-7H,2-5H2,1H3. The molecule has 0 amide bonds. The predicted octanol–water partition coefficient (Wildman–Crippen LogP) is 2.69. The first kappa shape index (κ1) is 11.7. The molecule has 0 atom stereocenters. The van der Waals surface area contributed by atoms with Crippen LogP contribution in [0.3, 0.4) is 0 Å². The van der Waals surface area contributed by atoms with E-state index < -0.39 is 0 Å². The van der Waals surface area contributed by atoms with Crippen molar-refractivity contribution in [2.24, 2.45) is 0 Å². The van der Waals surface area contributed by atoms with Gasteiger partial charge in [0.05, 0.1) is 4.47 Å². The first-order chi connectivity index (χ1) is 6.77. The Bertz CT molecular complexity index is 265. The Morgan fingerprint density at radius 3 is 2.57 bits per heavy atom. The van der Waals surface area contributed by atoms with Crippen LogP contribution in [0.2, 0.25) is 0 Å². The topological polar surface area (TPSA) is 29.0 Å². The molecule has 1 rings (SSSR count). The van der Waals surface area contributed by atoms with E-state index in [1.165, 1.54) is 0 Å². The van der Waals surface area contributed by atoms with Crippen LogP contribution in [-0.2, 0) is 0 Å². The molecule has 0 N–H and O–H groups in total. The van der Waals surface area contributed by atoms with Gasteiger partial charge < -0.3 is 4.90 Å². The van der Waals surface area contributed by atoms with E-state index in [1.54, 1.807) is 12.4 Å². The average molecular weight is 279 g/mol. The molecule has 0 radical (unpaired) electrons. The summed E-state index contributed by atoms with van der Waals surface area (Å²) in [5.74, 6) is 1.44. The summed E-state index contributed by atoms with van der Waals surface area (Å²) >= 11 is 8.94. The van der Waals surface area contributed by atoms with Gasteiger partial charge >= 0.3 is 0 Å². The van der Waals surface area contributed by atoms with Gasteiger partial charge in [-0.25, -0.2) is 9.97 Å². The van der Waals surface area contributed by atoms with Gasteiger partial charge in [-0.3, -0.25) is 0 Å². The number of alkyl halides is 1. The number of rotatable bonds is 5. The van der Waals surface area contributed by atoms with E-state index in [9.17, 15) is 0 Å². The van der Waals surface area contributed by atoms with Crippen LogP contribution in [0.4, 0.5) is 5.95 Å². The lowest BCUT2D eigenvalue weighted by atomic mass is 10.4. The van der Waals surface area contributed by atoms with Crippen molar-refractivity contribution in [1.29, 1.82) is 0 Å². The van der Waals surface area contributed by atoms with E-state index in [2.05, 4.69) is 37.7 Å². The van der Waals surface area contributed by atoms with Crippen molar-refractivity contribution in [2.75, 3.05) is 23.9 Å². The Morgan fingerprint density at radius 1 is 1.43 bits per heavy atom. The van der Waals surface area contributed by atoms with Gasteiger partial charge in [0.25, 0.3) is 0 Å². The summed E-state index contributed by atoms with van der Waals surface area (Å²) in [6, 6.07) is 0. The van der Waals surface area contributed by atoms with Gasteiger partial charge in [-0.15, -0.1) is 11.6 Å². The number of anilines is 1. The summed E-state index contributed by atoms with van der Waals surface area (Å²) in [7, 11) is 0. The van der Waals surface area contributed by atoms with Gasteiger partial charge in [0.2, 0.25) is 5.95 Å². The van der Waals surface area contributed by atoms with Crippen molar-refractivity contribution in [3.63, 3.8) is 0 Å². The Kier molecular flexibility index (Phi) is 5.19. The molecule has 14 heavy (non-hydrogen) atoms. The van der Waals surface area contributed by atoms with Crippen LogP contribution < -0.4 is 4.90 Å². The van der Waals surface area contributed by atoms with Crippen molar-refractivity contribution in [3.8, 4) is 0 Å². The van der Waals surface area contributed by atoms with Gasteiger partial charge in [0.15, 0.2) is 0 Å². The third-order valence-electron chi connectivity index (χ3n) is 1.83. The molecular weight excluding hydrogens is 265 g/mol. The molecule has 0 fully saturated rings. The summed E-state index contributed by atoms with van der Waals surface area (Å²) in [4.78, 5) is 10.6. The van der Waals surface area contributed by atoms with E-state index in [4.69, 9.17) is 11.6 Å². The molecule has 0 aliphatic heterocycles. The van der Waals surface area contributed by atoms with E-state index in [0.717, 1.165) is 29.9 Å². The van der Waals surface area contributed by atoms with Crippen LogP contribution in [-0.4, -0.2) is 28.9 Å². The zero-order valence-corrected chi connectivity index (χ0v) is 10.4. The fourth-order valence-electron chi connectivity index (χ4n) is 1.12. The maximum Gasteiger partial charge on any atom is 0.225 e. The van der Waals surface area contributed by atoms with Crippen molar-refractivity contribution in [1.82, 2.24) is 9.97 Å². The lowest BCUT2D eigenvalue weighted by Gasteiger charge is -2.19. The zero-order chi connectivity index (χ0) is 10.4. The molecule has 0 bridgehead atoms. The molecule has 1 aromatic heterocycles.